The van der Waals surface area contributed by atoms with Crippen molar-refractivity contribution in [1.29, 1.82) is 0 Å². The Balaban J connectivity index is 3.30. The van der Waals surface area contributed by atoms with Crippen molar-refractivity contribution in [2.24, 2.45) is 0 Å². The van der Waals surface area contributed by atoms with E-state index >= 15 is 0 Å². The number of aliphatic carboxylic acids is 1. The maximum absolute atomic E-state index is 13.6. The van der Waals surface area contributed by atoms with E-state index in [4.69, 9.17) is 23.2 Å². The molecule has 0 aliphatic rings. The minimum atomic E-state index is -4.32. The van der Waals surface area contributed by atoms with Crippen LogP contribution < -0.4 is 4.72 Å². The quantitative estimate of drug-likeness (QED) is 0.766. The van der Waals surface area contributed by atoms with Crippen molar-refractivity contribution in [3.63, 3.8) is 0 Å². The monoisotopic (exact) mass is 357 g/mol. The standard InChI is InChI=1S/C12H14Cl2FNO4S/c1-3-6-12(2,11(17)18)16-21(19,20)8-5-4-7(13)10(15)9(8)14/h4-5,16H,3,6H2,1-2H3,(H,17,18). The van der Waals surface area contributed by atoms with Crippen LogP contribution in [0.4, 0.5) is 4.39 Å². The molecule has 0 saturated heterocycles. The van der Waals surface area contributed by atoms with Crippen molar-refractivity contribution in [2.75, 3.05) is 0 Å². The number of carboxylic acids is 1. The Morgan fingerprint density at radius 1 is 1.43 bits per heavy atom. The van der Waals surface area contributed by atoms with E-state index in [1.54, 1.807) is 6.92 Å². The first-order chi connectivity index (χ1) is 9.55. The lowest BCUT2D eigenvalue weighted by Gasteiger charge is -2.25. The molecule has 1 rings (SSSR count). The van der Waals surface area contributed by atoms with E-state index in [1.807, 2.05) is 0 Å². The highest BCUT2D eigenvalue weighted by Gasteiger charge is 2.38. The summed E-state index contributed by atoms with van der Waals surface area (Å²) in [5, 5.41) is 8.18. The molecule has 9 heteroatoms. The molecule has 0 amide bonds. The minimum absolute atomic E-state index is 0.0647. The smallest absolute Gasteiger partial charge is 0.324 e. The van der Waals surface area contributed by atoms with Crippen LogP contribution in [0, 0.1) is 5.82 Å². The number of rotatable bonds is 6. The van der Waals surface area contributed by atoms with Crippen LogP contribution >= 0.6 is 23.2 Å². The Kier molecular flexibility index (Phi) is 5.60. The lowest BCUT2D eigenvalue weighted by Crippen LogP contribution is -2.52. The molecule has 0 spiro atoms. The molecule has 2 N–H and O–H groups in total. The van der Waals surface area contributed by atoms with Crippen molar-refractivity contribution in [3.8, 4) is 0 Å². The van der Waals surface area contributed by atoms with Gasteiger partial charge in [-0.25, -0.2) is 12.8 Å². The van der Waals surface area contributed by atoms with Crippen molar-refractivity contribution >= 4 is 39.2 Å². The second-order valence-corrected chi connectivity index (χ2v) is 7.10. The van der Waals surface area contributed by atoms with Crippen molar-refractivity contribution in [3.05, 3.63) is 28.0 Å². The Hall–Kier alpha value is -0.890. The van der Waals surface area contributed by atoms with Gasteiger partial charge < -0.3 is 5.11 Å². The highest BCUT2D eigenvalue weighted by molar-refractivity contribution is 7.89. The van der Waals surface area contributed by atoms with Crippen molar-refractivity contribution in [1.82, 2.24) is 4.72 Å². The fraction of sp³-hybridized carbons (Fsp3) is 0.417. The largest absolute Gasteiger partial charge is 0.480 e. The molecule has 0 heterocycles. The van der Waals surface area contributed by atoms with Crippen LogP contribution in [0.5, 0.6) is 0 Å². The molecule has 0 fully saturated rings. The Bertz CT molecular complexity index is 665. The third kappa shape index (κ3) is 3.85. The Morgan fingerprint density at radius 3 is 2.48 bits per heavy atom. The molecule has 1 aromatic carbocycles. The number of sulfonamides is 1. The summed E-state index contributed by atoms with van der Waals surface area (Å²) in [4.78, 5) is 10.7. The summed E-state index contributed by atoms with van der Waals surface area (Å²) in [6, 6.07) is 2.06. The van der Waals surface area contributed by atoms with Gasteiger partial charge in [0.1, 0.15) is 10.4 Å². The van der Waals surface area contributed by atoms with Crippen LogP contribution in [0.25, 0.3) is 0 Å². The number of nitrogens with one attached hydrogen (secondary N) is 1. The van der Waals surface area contributed by atoms with Gasteiger partial charge in [0.05, 0.1) is 10.0 Å². The van der Waals surface area contributed by atoms with Gasteiger partial charge in [0.2, 0.25) is 10.0 Å². The maximum atomic E-state index is 13.6. The number of benzene rings is 1. The normalized spacial score (nSPS) is 14.7. The van der Waals surface area contributed by atoms with Crippen LogP contribution in [0.2, 0.25) is 10.0 Å². The van der Waals surface area contributed by atoms with Gasteiger partial charge in [-0.05, 0) is 25.5 Å². The van der Waals surface area contributed by atoms with Crippen LogP contribution in [-0.4, -0.2) is 25.0 Å². The molecule has 0 aliphatic carbocycles. The first-order valence-corrected chi connectivity index (χ1v) is 8.20. The zero-order chi connectivity index (χ0) is 16.4. The third-order valence-corrected chi connectivity index (χ3v) is 5.28. The first kappa shape index (κ1) is 18.2. The average Bonchev–Trinajstić information content (AvgIpc) is 2.35. The lowest BCUT2D eigenvalue weighted by atomic mass is 9.98. The molecule has 0 radical (unpaired) electrons. The molecule has 21 heavy (non-hydrogen) atoms. The summed E-state index contributed by atoms with van der Waals surface area (Å²) < 4.78 is 40.1. The van der Waals surface area contributed by atoms with Gasteiger partial charge in [-0.3, -0.25) is 4.79 Å². The predicted octanol–water partition coefficient (Wildman–Crippen LogP) is 3.05. The summed E-state index contributed by atoms with van der Waals surface area (Å²) in [5.74, 6) is -2.41. The summed E-state index contributed by atoms with van der Waals surface area (Å²) >= 11 is 11.1. The minimum Gasteiger partial charge on any atom is -0.480 e. The maximum Gasteiger partial charge on any atom is 0.324 e. The zero-order valence-corrected chi connectivity index (χ0v) is 13.6. The van der Waals surface area contributed by atoms with Gasteiger partial charge in [-0.1, -0.05) is 36.5 Å². The van der Waals surface area contributed by atoms with Gasteiger partial charge in [0, 0.05) is 0 Å². The van der Waals surface area contributed by atoms with E-state index in [9.17, 15) is 22.7 Å². The fourth-order valence-electron chi connectivity index (χ4n) is 1.77. The predicted molar refractivity (Wildman–Crippen MR) is 77.7 cm³/mol. The number of hydrogen-bond acceptors (Lipinski definition) is 3. The molecule has 0 aliphatic heterocycles. The van der Waals surface area contributed by atoms with Crippen LogP contribution in [0.15, 0.2) is 17.0 Å². The topological polar surface area (TPSA) is 83.5 Å². The summed E-state index contributed by atoms with van der Waals surface area (Å²) in [7, 11) is -4.32. The van der Waals surface area contributed by atoms with Gasteiger partial charge in [-0.15, -0.1) is 0 Å². The van der Waals surface area contributed by atoms with Gasteiger partial charge in [0.15, 0.2) is 5.82 Å². The molecule has 1 aromatic rings. The molecule has 5 nitrogen and oxygen atoms in total. The molecule has 0 bridgehead atoms. The SMILES string of the molecule is CCCC(C)(NS(=O)(=O)c1ccc(Cl)c(F)c1Cl)C(=O)O. The van der Waals surface area contributed by atoms with Crippen LogP contribution in [-0.2, 0) is 14.8 Å². The number of hydrogen-bond donors (Lipinski definition) is 2. The number of carboxylic acid groups (broad SMARTS) is 1. The highest BCUT2D eigenvalue weighted by atomic mass is 35.5. The van der Waals surface area contributed by atoms with Gasteiger partial charge in [-0.2, -0.15) is 4.72 Å². The van der Waals surface area contributed by atoms with Crippen LogP contribution in [0.3, 0.4) is 0 Å². The first-order valence-electron chi connectivity index (χ1n) is 5.96. The Labute approximate surface area is 132 Å². The molecule has 1 atom stereocenters. The average molecular weight is 358 g/mol. The number of halogens is 3. The summed E-state index contributed by atoms with van der Waals surface area (Å²) in [6.07, 6.45) is 0.503. The fourth-order valence-corrected chi connectivity index (χ4v) is 3.91. The second-order valence-electron chi connectivity index (χ2n) is 4.67. The zero-order valence-electron chi connectivity index (χ0n) is 11.3. The highest BCUT2D eigenvalue weighted by Crippen LogP contribution is 2.30. The molecule has 0 aromatic heterocycles. The van der Waals surface area contributed by atoms with E-state index in [2.05, 4.69) is 4.72 Å². The summed E-state index contributed by atoms with van der Waals surface area (Å²) in [5.41, 5.74) is -1.72. The second kappa shape index (κ2) is 6.48. The van der Waals surface area contributed by atoms with E-state index in [0.717, 1.165) is 12.1 Å². The molecule has 0 saturated carbocycles. The molecular weight excluding hydrogens is 344 g/mol. The molecule has 118 valence electrons. The van der Waals surface area contributed by atoms with Crippen molar-refractivity contribution < 1.29 is 22.7 Å². The van der Waals surface area contributed by atoms with E-state index < -0.39 is 37.3 Å². The number of carbonyl (C=O) groups is 1. The van der Waals surface area contributed by atoms with Gasteiger partial charge in [0.25, 0.3) is 0 Å². The molecular formula is C12H14Cl2FNO4S. The van der Waals surface area contributed by atoms with E-state index in [0.29, 0.717) is 6.42 Å². The Morgan fingerprint density at radius 2 is 2.00 bits per heavy atom. The van der Waals surface area contributed by atoms with Crippen LogP contribution in [0.1, 0.15) is 26.7 Å². The molecule has 1 unspecified atom stereocenters. The van der Waals surface area contributed by atoms with Crippen molar-refractivity contribution in [2.45, 2.75) is 37.1 Å². The lowest BCUT2D eigenvalue weighted by molar-refractivity contribution is -0.143. The third-order valence-electron chi connectivity index (χ3n) is 2.87. The van der Waals surface area contributed by atoms with E-state index in [1.165, 1.54) is 6.92 Å². The van der Waals surface area contributed by atoms with Gasteiger partial charge >= 0.3 is 5.97 Å². The summed E-state index contributed by atoms with van der Waals surface area (Å²) in [6.45, 7) is 2.95. The van der Waals surface area contributed by atoms with E-state index in [-0.39, 0.29) is 11.4 Å².